The van der Waals surface area contributed by atoms with Gasteiger partial charge in [-0.2, -0.15) is 0 Å². The molecule has 0 aromatic heterocycles. The largest absolute Gasteiger partial charge is 0.375 e. The summed E-state index contributed by atoms with van der Waals surface area (Å²) < 4.78 is 0. The third-order valence-corrected chi connectivity index (χ3v) is 2.67. The molecule has 0 radical (unpaired) electrons. The zero-order valence-electron chi connectivity index (χ0n) is 10.3. The van der Waals surface area contributed by atoms with Gasteiger partial charge < -0.3 is 4.90 Å². The van der Waals surface area contributed by atoms with Crippen LogP contribution in [0.5, 0.6) is 0 Å². The van der Waals surface area contributed by atoms with Crippen LogP contribution in [0.4, 0.5) is 0 Å². The molecule has 0 N–H and O–H groups in total. The van der Waals surface area contributed by atoms with Gasteiger partial charge in [-0.3, -0.25) is 0 Å². The first-order valence-electron chi connectivity index (χ1n) is 6.18. The molecule has 0 saturated heterocycles. The molecule has 0 aromatic carbocycles. The van der Waals surface area contributed by atoms with E-state index in [1.54, 1.807) is 0 Å². The fourth-order valence-electron chi connectivity index (χ4n) is 1.55. The van der Waals surface area contributed by atoms with Crippen molar-refractivity contribution in [3.05, 3.63) is 12.3 Å². The smallest absolute Gasteiger partial charge is 0.0174 e. The Morgan fingerprint density at radius 3 is 2.00 bits per heavy atom. The van der Waals surface area contributed by atoms with E-state index in [4.69, 9.17) is 0 Å². The van der Waals surface area contributed by atoms with Crippen molar-refractivity contribution in [3.8, 4) is 0 Å². The van der Waals surface area contributed by atoms with Crippen molar-refractivity contribution < 1.29 is 0 Å². The van der Waals surface area contributed by atoms with E-state index in [0.717, 1.165) is 6.42 Å². The van der Waals surface area contributed by atoms with E-state index in [1.807, 2.05) is 0 Å². The Bertz CT molecular complexity index is 140. The summed E-state index contributed by atoms with van der Waals surface area (Å²) in [6, 6.07) is 0. The van der Waals surface area contributed by atoms with Crippen LogP contribution < -0.4 is 0 Å². The predicted octanol–water partition coefficient (Wildman–Crippen LogP) is 4.20. The minimum Gasteiger partial charge on any atom is -0.375 e. The van der Waals surface area contributed by atoms with Crippen molar-refractivity contribution in [2.45, 2.75) is 59.3 Å². The normalized spacial score (nSPS) is 10.2. The number of hydrogen-bond donors (Lipinski definition) is 0. The average Bonchev–Trinajstić information content (AvgIpc) is 2.22. The van der Waals surface area contributed by atoms with E-state index in [2.05, 4.69) is 32.3 Å². The maximum absolute atomic E-state index is 4.13. The Hall–Kier alpha value is -0.460. The number of allylic oxidation sites excluding steroid dienone is 1. The van der Waals surface area contributed by atoms with E-state index >= 15 is 0 Å². The van der Waals surface area contributed by atoms with Crippen LogP contribution in [0.3, 0.4) is 0 Å². The summed E-state index contributed by atoms with van der Waals surface area (Å²) in [7, 11) is 0. The van der Waals surface area contributed by atoms with Crippen molar-refractivity contribution in [3.63, 3.8) is 0 Å². The second-order valence-corrected chi connectivity index (χ2v) is 3.97. The first kappa shape index (κ1) is 13.5. The van der Waals surface area contributed by atoms with Gasteiger partial charge in [-0.15, -0.1) is 0 Å². The number of rotatable bonds is 9. The van der Waals surface area contributed by atoms with E-state index in [-0.39, 0.29) is 0 Å². The maximum Gasteiger partial charge on any atom is 0.0174 e. The van der Waals surface area contributed by atoms with Crippen molar-refractivity contribution >= 4 is 0 Å². The molecule has 1 nitrogen and oxygen atoms in total. The fourth-order valence-corrected chi connectivity index (χ4v) is 1.55. The first-order chi connectivity index (χ1) is 6.76. The average molecular weight is 197 g/mol. The summed E-state index contributed by atoms with van der Waals surface area (Å²) in [5, 5.41) is 0. The molecule has 0 aromatic rings. The molecular formula is C13H27N. The minimum absolute atomic E-state index is 1.09. The lowest BCUT2D eigenvalue weighted by atomic mass is 10.2. The zero-order chi connectivity index (χ0) is 10.8. The van der Waals surface area contributed by atoms with Crippen LogP contribution in [0.25, 0.3) is 0 Å². The maximum atomic E-state index is 4.13. The molecule has 14 heavy (non-hydrogen) atoms. The van der Waals surface area contributed by atoms with Crippen LogP contribution >= 0.6 is 0 Å². The zero-order valence-corrected chi connectivity index (χ0v) is 10.3. The molecule has 0 bridgehead atoms. The highest BCUT2D eigenvalue weighted by Gasteiger charge is 2.04. The highest BCUT2D eigenvalue weighted by molar-refractivity contribution is 4.92. The predicted molar refractivity (Wildman–Crippen MR) is 65.4 cm³/mol. The summed E-state index contributed by atoms with van der Waals surface area (Å²) in [5.41, 5.74) is 1.31. The van der Waals surface area contributed by atoms with Crippen LogP contribution in [-0.2, 0) is 0 Å². The molecule has 0 atom stereocenters. The summed E-state index contributed by atoms with van der Waals surface area (Å²) >= 11 is 0. The summed E-state index contributed by atoms with van der Waals surface area (Å²) in [6.45, 7) is 13.2. The molecule has 0 aliphatic rings. The monoisotopic (exact) mass is 197 g/mol. The molecule has 0 amide bonds. The molecule has 0 heterocycles. The van der Waals surface area contributed by atoms with Crippen LogP contribution in [0.1, 0.15) is 59.3 Å². The lowest BCUT2D eigenvalue weighted by molar-refractivity contribution is 0.322. The van der Waals surface area contributed by atoms with Crippen molar-refractivity contribution in [1.29, 1.82) is 0 Å². The first-order valence-corrected chi connectivity index (χ1v) is 6.18. The Morgan fingerprint density at radius 2 is 1.50 bits per heavy atom. The van der Waals surface area contributed by atoms with Gasteiger partial charge in [0.15, 0.2) is 0 Å². The lowest BCUT2D eigenvalue weighted by Crippen LogP contribution is -2.24. The minimum atomic E-state index is 1.09. The molecule has 0 unspecified atom stereocenters. The van der Waals surface area contributed by atoms with E-state index in [9.17, 15) is 0 Å². The van der Waals surface area contributed by atoms with Gasteiger partial charge in [0.2, 0.25) is 0 Å². The second kappa shape index (κ2) is 9.11. The van der Waals surface area contributed by atoms with Crippen molar-refractivity contribution in [2.24, 2.45) is 0 Å². The summed E-state index contributed by atoms with van der Waals surface area (Å²) in [4.78, 5) is 2.47. The van der Waals surface area contributed by atoms with Gasteiger partial charge in [0.1, 0.15) is 0 Å². The third kappa shape index (κ3) is 6.06. The molecule has 0 aliphatic heterocycles. The molecular weight excluding hydrogens is 170 g/mol. The van der Waals surface area contributed by atoms with Gasteiger partial charge >= 0.3 is 0 Å². The van der Waals surface area contributed by atoms with Crippen LogP contribution in [-0.4, -0.2) is 18.0 Å². The van der Waals surface area contributed by atoms with Gasteiger partial charge in [0, 0.05) is 18.8 Å². The standard InChI is InChI=1S/C13H27N/c1-5-8-10-12-14(11-9-6-2)13(4)7-3/h4-12H2,1-3H3. The quantitative estimate of drug-likeness (QED) is 0.501. The van der Waals surface area contributed by atoms with Gasteiger partial charge in [-0.1, -0.05) is 46.6 Å². The molecule has 1 heteroatoms. The van der Waals surface area contributed by atoms with Gasteiger partial charge in [0.05, 0.1) is 0 Å². The Kier molecular flexibility index (Phi) is 8.81. The highest BCUT2D eigenvalue weighted by atomic mass is 15.1. The number of unbranched alkanes of at least 4 members (excludes halogenated alkanes) is 3. The fraction of sp³-hybridized carbons (Fsp3) is 0.846. The van der Waals surface area contributed by atoms with Crippen molar-refractivity contribution in [2.75, 3.05) is 13.1 Å². The Morgan fingerprint density at radius 1 is 0.929 bits per heavy atom. The molecule has 0 fully saturated rings. The molecule has 0 aliphatic carbocycles. The molecule has 0 rings (SSSR count). The SMILES string of the molecule is C=C(CC)N(CCCC)CCCCC. The lowest BCUT2D eigenvalue weighted by Gasteiger charge is -2.26. The van der Waals surface area contributed by atoms with Gasteiger partial charge in [-0.25, -0.2) is 0 Å². The second-order valence-electron chi connectivity index (χ2n) is 3.97. The Labute approximate surface area is 90.2 Å². The van der Waals surface area contributed by atoms with Gasteiger partial charge in [-0.05, 0) is 19.3 Å². The van der Waals surface area contributed by atoms with Crippen molar-refractivity contribution in [1.82, 2.24) is 4.90 Å². The molecule has 0 saturated carbocycles. The highest BCUT2D eigenvalue weighted by Crippen LogP contribution is 2.10. The van der Waals surface area contributed by atoms with Crippen LogP contribution in [0, 0.1) is 0 Å². The summed E-state index contributed by atoms with van der Waals surface area (Å²) in [5.74, 6) is 0. The van der Waals surface area contributed by atoms with Gasteiger partial charge in [0.25, 0.3) is 0 Å². The Balaban J connectivity index is 3.78. The number of nitrogens with zero attached hydrogens (tertiary/aromatic N) is 1. The van der Waals surface area contributed by atoms with Crippen LogP contribution in [0.2, 0.25) is 0 Å². The van der Waals surface area contributed by atoms with Crippen LogP contribution in [0.15, 0.2) is 12.3 Å². The third-order valence-electron chi connectivity index (χ3n) is 2.67. The summed E-state index contributed by atoms with van der Waals surface area (Å²) in [6.07, 6.45) is 7.64. The van der Waals surface area contributed by atoms with E-state index in [1.165, 1.54) is 50.9 Å². The van der Waals surface area contributed by atoms with E-state index < -0.39 is 0 Å². The molecule has 0 spiro atoms. The number of hydrogen-bond acceptors (Lipinski definition) is 1. The van der Waals surface area contributed by atoms with E-state index in [0.29, 0.717) is 0 Å². The topological polar surface area (TPSA) is 3.24 Å². The molecule has 84 valence electrons.